The number of thiazole rings is 1. The number of hydrogen-bond acceptors (Lipinski definition) is 4. The number of benzene rings is 1. The van der Waals surface area contributed by atoms with Crippen LogP contribution >= 0.6 is 11.3 Å². The van der Waals surface area contributed by atoms with Gasteiger partial charge in [0.05, 0.1) is 12.2 Å². The number of hydrogen-bond donors (Lipinski definition) is 2. The number of nitrogens with zero attached hydrogens (tertiary/aromatic N) is 2. The molecule has 0 aliphatic heterocycles. The van der Waals surface area contributed by atoms with E-state index in [2.05, 4.69) is 36.6 Å². The highest BCUT2D eigenvalue weighted by atomic mass is 32.1. The Morgan fingerprint density at radius 3 is 2.69 bits per heavy atom. The van der Waals surface area contributed by atoms with Crippen LogP contribution in [0.3, 0.4) is 0 Å². The molecule has 0 aliphatic rings. The Bertz CT molecular complexity index is 670. The monoisotopic (exact) mass is 374 g/mol. The lowest BCUT2D eigenvalue weighted by atomic mass is 10.2. The van der Waals surface area contributed by atoms with Crippen molar-refractivity contribution in [2.45, 2.75) is 40.2 Å². The van der Waals surface area contributed by atoms with Gasteiger partial charge in [-0.25, -0.2) is 9.98 Å². The Morgan fingerprint density at radius 2 is 1.96 bits per heavy atom. The number of unbranched alkanes of at least 4 members (excludes halogenated alkanes) is 1. The van der Waals surface area contributed by atoms with Crippen molar-refractivity contribution in [2.24, 2.45) is 4.99 Å². The second-order valence-corrected chi connectivity index (χ2v) is 7.00. The summed E-state index contributed by atoms with van der Waals surface area (Å²) in [7, 11) is 0. The number of aromatic nitrogens is 1. The number of aliphatic imine (C=N–C) groups is 1. The lowest BCUT2D eigenvalue weighted by Crippen LogP contribution is -2.37. The zero-order chi connectivity index (χ0) is 18.6. The minimum atomic E-state index is 0.643. The van der Waals surface area contributed by atoms with E-state index >= 15 is 0 Å². The van der Waals surface area contributed by atoms with E-state index in [1.54, 1.807) is 11.3 Å². The average molecular weight is 375 g/mol. The number of ether oxygens (including phenoxy) is 1. The van der Waals surface area contributed by atoms with Gasteiger partial charge in [-0.1, -0.05) is 30.3 Å². The van der Waals surface area contributed by atoms with Crippen molar-refractivity contribution in [3.63, 3.8) is 0 Å². The first-order valence-electron chi connectivity index (χ1n) is 9.36. The van der Waals surface area contributed by atoms with E-state index in [0.717, 1.165) is 61.4 Å². The van der Waals surface area contributed by atoms with Crippen molar-refractivity contribution >= 4 is 17.3 Å². The average Bonchev–Trinajstić information content (AvgIpc) is 3.04. The van der Waals surface area contributed by atoms with Crippen LogP contribution in [0, 0.1) is 6.92 Å². The summed E-state index contributed by atoms with van der Waals surface area (Å²) in [6.45, 7) is 10.2. The third kappa shape index (κ3) is 6.77. The molecule has 0 aliphatic carbocycles. The molecule has 2 rings (SSSR count). The first-order valence-corrected chi connectivity index (χ1v) is 10.2. The van der Waals surface area contributed by atoms with E-state index in [0.29, 0.717) is 6.54 Å². The van der Waals surface area contributed by atoms with Gasteiger partial charge in [0.15, 0.2) is 5.96 Å². The smallest absolute Gasteiger partial charge is 0.191 e. The van der Waals surface area contributed by atoms with Crippen LogP contribution in [0.1, 0.15) is 37.3 Å². The molecule has 0 spiro atoms. The topological polar surface area (TPSA) is 58.5 Å². The molecule has 1 aromatic heterocycles. The van der Waals surface area contributed by atoms with Crippen LogP contribution < -0.4 is 10.6 Å². The van der Waals surface area contributed by atoms with Crippen molar-refractivity contribution in [3.05, 3.63) is 40.9 Å². The highest BCUT2D eigenvalue weighted by molar-refractivity contribution is 7.15. The maximum Gasteiger partial charge on any atom is 0.191 e. The van der Waals surface area contributed by atoms with Crippen molar-refractivity contribution in [1.29, 1.82) is 0 Å². The molecule has 2 aromatic rings. The van der Waals surface area contributed by atoms with E-state index < -0.39 is 0 Å². The standard InChI is InChI=1S/C20H30N4OS/c1-4-21-20(22-13-9-10-14-25-5-2)23-15-18-16(3)24-19(26-18)17-11-7-6-8-12-17/h6-8,11-12H,4-5,9-10,13-15H2,1-3H3,(H2,21,22,23). The number of nitrogens with one attached hydrogen (secondary N) is 2. The molecule has 26 heavy (non-hydrogen) atoms. The van der Waals surface area contributed by atoms with Crippen molar-refractivity contribution in [1.82, 2.24) is 15.6 Å². The van der Waals surface area contributed by atoms with Gasteiger partial charge in [-0.05, 0) is 33.6 Å². The molecule has 6 heteroatoms. The molecule has 1 heterocycles. The summed E-state index contributed by atoms with van der Waals surface area (Å²) in [4.78, 5) is 10.6. The van der Waals surface area contributed by atoms with E-state index in [1.807, 2.05) is 25.1 Å². The van der Waals surface area contributed by atoms with Gasteiger partial charge in [-0.15, -0.1) is 11.3 Å². The van der Waals surface area contributed by atoms with Crippen LogP contribution in [0.15, 0.2) is 35.3 Å². The molecular formula is C20H30N4OS. The molecule has 0 atom stereocenters. The zero-order valence-electron chi connectivity index (χ0n) is 16.0. The zero-order valence-corrected chi connectivity index (χ0v) is 16.9. The van der Waals surface area contributed by atoms with Crippen LogP contribution in [0.2, 0.25) is 0 Å². The van der Waals surface area contributed by atoms with Crippen LogP contribution in [0.4, 0.5) is 0 Å². The quantitative estimate of drug-likeness (QED) is 0.375. The molecule has 0 amide bonds. The predicted octanol–water partition coefficient (Wildman–Crippen LogP) is 3.99. The highest BCUT2D eigenvalue weighted by Gasteiger charge is 2.09. The fraction of sp³-hybridized carbons (Fsp3) is 0.500. The highest BCUT2D eigenvalue weighted by Crippen LogP contribution is 2.28. The van der Waals surface area contributed by atoms with Crippen LogP contribution in [-0.4, -0.2) is 37.2 Å². The van der Waals surface area contributed by atoms with Gasteiger partial charge >= 0.3 is 0 Å². The Labute approximate surface area is 160 Å². The molecule has 0 saturated heterocycles. The fourth-order valence-electron chi connectivity index (χ4n) is 2.45. The van der Waals surface area contributed by atoms with Crippen molar-refractivity contribution < 1.29 is 4.74 Å². The Balaban J connectivity index is 1.91. The molecule has 2 N–H and O–H groups in total. The van der Waals surface area contributed by atoms with Gasteiger partial charge in [0.2, 0.25) is 0 Å². The van der Waals surface area contributed by atoms with E-state index in [9.17, 15) is 0 Å². The Hall–Kier alpha value is -1.92. The number of rotatable bonds is 10. The molecule has 0 unspecified atom stereocenters. The summed E-state index contributed by atoms with van der Waals surface area (Å²) in [5.74, 6) is 0.859. The molecule has 0 radical (unpaired) electrons. The van der Waals surface area contributed by atoms with Gasteiger partial charge in [0.1, 0.15) is 5.01 Å². The van der Waals surface area contributed by atoms with Gasteiger partial charge in [0, 0.05) is 36.7 Å². The van der Waals surface area contributed by atoms with Crippen LogP contribution in [-0.2, 0) is 11.3 Å². The van der Waals surface area contributed by atoms with E-state index in [-0.39, 0.29) is 0 Å². The van der Waals surface area contributed by atoms with E-state index in [4.69, 9.17) is 14.7 Å². The number of aryl methyl sites for hydroxylation is 1. The van der Waals surface area contributed by atoms with Gasteiger partial charge in [-0.2, -0.15) is 0 Å². The van der Waals surface area contributed by atoms with Gasteiger partial charge in [-0.3, -0.25) is 0 Å². The second kappa shape index (κ2) is 11.6. The molecular weight excluding hydrogens is 344 g/mol. The van der Waals surface area contributed by atoms with E-state index in [1.165, 1.54) is 4.88 Å². The molecule has 1 aromatic carbocycles. The SMILES string of the molecule is CCNC(=NCc1sc(-c2ccccc2)nc1C)NCCCCOCC. The summed E-state index contributed by atoms with van der Waals surface area (Å²) >= 11 is 1.72. The first kappa shape index (κ1) is 20.4. The van der Waals surface area contributed by atoms with Gasteiger partial charge in [0.25, 0.3) is 0 Å². The summed E-state index contributed by atoms with van der Waals surface area (Å²) < 4.78 is 5.37. The third-order valence-electron chi connectivity index (χ3n) is 3.85. The van der Waals surface area contributed by atoms with Crippen molar-refractivity contribution in [2.75, 3.05) is 26.3 Å². The second-order valence-electron chi connectivity index (χ2n) is 5.92. The minimum absolute atomic E-state index is 0.643. The first-order chi connectivity index (χ1) is 12.7. The Morgan fingerprint density at radius 1 is 1.15 bits per heavy atom. The largest absolute Gasteiger partial charge is 0.382 e. The third-order valence-corrected chi connectivity index (χ3v) is 5.04. The molecule has 0 saturated carbocycles. The molecule has 142 valence electrons. The summed E-state index contributed by atoms with van der Waals surface area (Å²) in [6.07, 6.45) is 2.14. The fourth-order valence-corrected chi connectivity index (χ4v) is 3.44. The maximum absolute atomic E-state index is 5.37. The van der Waals surface area contributed by atoms with Gasteiger partial charge < -0.3 is 15.4 Å². The summed E-state index contributed by atoms with van der Waals surface area (Å²) in [5, 5.41) is 7.76. The lowest BCUT2D eigenvalue weighted by molar-refractivity contribution is 0.143. The predicted molar refractivity (Wildman–Crippen MR) is 111 cm³/mol. The molecule has 0 fully saturated rings. The van der Waals surface area contributed by atoms with Crippen molar-refractivity contribution in [3.8, 4) is 10.6 Å². The molecule has 0 bridgehead atoms. The Kier molecular flexibility index (Phi) is 9.14. The minimum Gasteiger partial charge on any atom is -0.382 e. The molecule has 5 nitrogen and oxygen atoms in total. The summed E-state index contributed by atoms with van der Waals surface area (Å²) in [5.41, 5.74) is 2.22. The van der Waals surface area contributed by atoms with Crippen LogP contribution in [0.5, 0.6) is 0 Å². The van der Waals surface area contributed by atoms with Crippen LogP contribution in [0.25, 0.3) is 10.6 Å². The maximum atomic E-state index is 5.37. The normalized spacial score (nSPS) is 11.6. The summed E-state index contributed by atoms with van der Waals surface area (Å²) in [6, 6.07) is 10.3. The lowest BCUT2D eigenvalue weighted by Gasteiger charge is -2.11. The number of guanidine groups is 1.